The van der Waals surface area contributed by atoms with Gasteiger partial charge in [-0.1, -0.05) is 20.8 Å². The zero-order valence-electron chi connectivity index (χ0n) is 11.8. The van der Waals surface area contributed by atoms with Gasteiger partial charge in [-0.15, -0.1) is 0 Å². The second-order valence-electron chi connectivity index (χ2n) is 6.40. The molecule has 0 radical (unpaired) electrons. The summed E-state index contributed by atoms with van der Waals surface area (Å²) < 4.78 is 2.26. The van der Waals surface area contributed by atoms with Gasteiger partial charge >= 0.3 is 0 Å². The highest BCUT2D eigenvalue weighted by molar-refractivity contribution is 5.17. The van der Waals surface area contributed by atoms with E-state index in [-0.39, 0.29) is 5.41 Å². The van der Waals surface area contributed by atoms with Crippen molar-refractivity contribution in [1.29, 1.82) is 0 Å². The monoisotopic (exact) mass is 235 g/mol. The first-order chi connectivity index (χ1) is 7.88. The smallest absolute Gasteiger partial charge is 0.0680 e. The van der Waals surface area contributed by atoms with Crippen LogP contribution in [-0.2, 0) is 5.41 Å². The third-order valence-electron chi connectivity index (χ3n) is 3.72. The lowest BCUT2D eigenvalue weighted by Crippen LogP contribution is -2.32. The van der Waals surface area contributed by atoms with Crippen molar-refractivity contribution in [3.63, 3.8) is 0 Å². The summed E-state index contributed by atoms with van der Waals surface area (Å²) in [5.41, 5.74) is 2.68. The quantitative estimate of drug-likeness (QED) is 0.746. The topological polar surface area (TPSA) is 21.1 Å². The molecule has 0 aromatic carbocycles. The summed E-state index contributed by atoms with van der Waals surface area (Å²) in [7, 11) is 2.20. The Morgan fingerprint density at radius 3 is 2.29 bits per heavy atom. The molecular weight excluding hydrogens is 210 g/mol. The van der Waals surface area contributed by atoms with Gasteiger partial charge in [-0.2, -0.15) is 5.10 Å². The van der Waals surface area contributed by atoms with Crippen LogP contribution >= 0.6 is 0 Å². The highest BCUT2D eigenvalue weighted by atomic mass is 15.3. The SMILES string of the molecule is Cc1cc(C(C)(C)C)nn1C1CCN(C)CC1. The number of hydrogen-bond acceptors (Lipinski definition) is 2. The Morgan fingerprint density at radius 2 is 1.82 bits per heavy atom. The Kier molecular flexibility index (Phi) is 3.30. The molecule has 96 valence electrons. The number of nitrogens with zero attached hydrogens (tertiary/aromatic N) is 3. The van der Waals surface area contributed by atoms with Crippen LogP contribution in [0.4, 0.5) is 0 Å². The second-order valence-corrected chi connectivity index (χ2v) is 6.40. The Bertz CT molecular complexity index is 379. The molecule has 3 nitrogen and oxygen atoms in total. The first-order valence-electron chi connectivity index (χ1n) is 6.63. The predicted octanol–water partition coefficient (Wildman–Crippen LogP) is 2.76. The van der Waals surface area contributed by atoms with E-state index < -0.39 is 0 Å². The molecule has 1 saturated heterocycles. The average molecular weight is 235 g/mol. The molecule has 0 N–H and O–H groups in total. The normalized spacial score (nSPS) is 19.8. The van der Waals surface area contributed by atoms with Crippen molar-refractivity contribution < 1.29 is 0 Å². The van der Waals surface area contributed by atoms with Gasteiger partial charge in [-0.3, -0.25) is 4.68 Å². The van der Waals surface area contributed by atoms with Crippen LogP contribution in [0.5, 0.6) is 0 Å². The Balaban J connectivity index is 2.19. The molecule has 1 aliphatic heterocycles. The van der Waals surface area contributed by atoms with E-state index in [1.165, 1.54) is 37.3 Å². The van der Waals surface area contributed by atoms with Crippen molar-refractivity contribution in [2.45, 2.75) is 52.0 Å². The van der Waals surface area contributed by atoms with Crippen LogP contribution in [0.15, 0.2) is 6.07 Å². The Labute approximate surface area is 105 Å². The summed E-state index contributed by atoms with van der Waals surface area (Å²) in [6, 6.07) is 2.85. The molecule has 0 unspecified atom stereocenters. The molecule has 2 heterocycles. The minimum Gasteiger partial charge on any atom is -0.306 e. The third kappa shape index (κ3) is 2.71. The van der Waals surface area contributed by atoms with Gasteiger partial charge in [-0.05, 0) is 46.0 Å². The lowest BCUT2D eigenvalue weighted by molar-refractivity contribution is 0.210. The minimum atomic E-state index is 0.154. The highest BCUT2D eigenvalue weighted by Crippen LogP contribution is 2.27. The van der Waals surface area contributed by atoms with Crippen LogP contribution in [-0.4, -0.2) is 34.8 Å². The van der Waals surface area contributed by atoms with Crippen molar-refractivity contribution in [3.05, 3.63) is 17.5 Å². The molecule has 0 spiro atoms. The zero-order valence-corrected chi connectivity index (χ0v) is 11.8. The molecule has 0 bridgehead atoms. The maximum absolute atomic E-state index is 4.83. The van der Waals surface area contributed by atoms with Gasteiger partial charge < -0.3 is 4.90 Å². The summed E-state index contributed by atoms with van der Waals surface area (Å²) >= 11 is 0. The minimum absolute atomic E-state index is 0.154. The molecule has 1 aromatic heterocycles. The standard InChI is InChI=1S/C14H25N3/c1-11-10-13(14(2,3)4)15-17(11)12-6-8-16(5)9-7-12/h10,12H,6-9H2,1-5H3. The first kappa shape index (κ1) is 12.6. The van der Waals surface area contributed by atoms with E-state index in [9.17, 15) is 0 Å². The molecular formula is C14H25N3. The molecule has 1 aliphatic rings. The molecule has 17 heavy (non-hydrogen) atoms. The molecule has 1 aromatic rings. The van der Waals surface area contributed by atoms with Crippen molar-refractivity contribution in [3.8, 4) is 0 Å². The van der Waals surface area contributed by atoms with Crippen LogP contribution in [0.1, 0.15) is 51.0 Å². The Morgan fingerprint density at radius 1 is 1.24 bits per heavy atom. The molecule has 0 aliphatic carbocycles. The van der Waals surface area contributed by atoms with Gasteiger partial charge in [0.1, 0.15) is 0 Å². The summed E-state index contributed by atoms with van der Waals surface area (Å²) in [6.45, 7) is 11.2. The molecule has 1 fully saturated rings. The number of likely N-dealkylation sites (tertiary alicyclic amines) is 1. The van der Waals surface area contributed by atoms with E-state index >= 15 is 0 Å². The zero-order chi connectivity index (χ0) is 12.6. The summed E-state index contributed by atoms with van der Waals surface area (Å²) in [5.74, 6) is 0. The molecule has 0 amide bonds. The lowest BCUT2D eigenvalue weighted by atomic mass is 9.92. The van der Waals surface area contributed by atoms with E-state index in [0.29, 0.717) is 6.04 Å². The number of aryl methyl sites for hydroxylation is 1. The van der Waals surface area contributed by atoms with Crippen LogP contribution in [0.3, 0.4) is 0 Å². The predicted molar refractivity (Wildman–Crippen MR) is 71.4 cm³/mol. The molecule has 3 heteroatoms. The highest BCUT2D eigenvalue weighted by Gasteiger charge is 2.24. The van der Waals surface area contributed by atoms with Crippen molar-refractivity contribution in [2.24, 2.45) is 0 Å². The maximum atomic E-state index is 4.83. The number of piperidine rings is 1. The van der Waals surface area contributed by atoms with Gasteiger partial charge in [0.05, 0.1) is 11.7 Å². The van der Waals surface area contributed by atoms with E-state index in [4.69, 9.17) is 5.10 Å². The third-order valence-corrected chi connectivity index (χ3v) is 3.72. The fourth-order valence-electron chi connectivity index (χ4n) is 2.46. The van der Waals surface area contributed by atoms with Gasteiger partial charge in [0.2, 0.25) is 0 Å². The number of aromatic nitrogens is 2. The summed E-state index contributed by atoms with van der Waals surface area (Å²) in [4.78, 5) is 2.40. The van der Waals surface area contributed by atoms with Crippen LogP contribution in [0.2, 0.25) is 0 Å². The summed E-state index contributed by atoms with van der Waals surface area (Å²) in [5, 5.41) is 4.83. The summed E-state index contributed by atoms with van der Waals surface area (Å²) in [6.07, 6.45) is 2.45. The fourth-order valence-corrected chi connectivity index (χ4v) is 2.46. The van der Waals surface area contributed by atoms with Crippen molar-refractivity contribution >= 4 is 0 Å². The van der Waals surface area contributed by atoms with E-state index in [1.807, 2.05) is 0 Å². The molecule has 2 rings (SSSR count). The van der Waals surface area contributed by atoms with Crippen LogP contribution < -0.4 is 0 Å². The maximum Gasteiger partial charge on any atom is 0.0680 e. The van der Waals surface area contributed by atoms with Gasteiger partial charge in [-0.25, -0.2) is 0 Å². The van der Waals surface area contributed by atoms with Crippen LogP contribution in [0, 0.1) is 6.92 Å². The Hall–Kier alpha value is -0.830. The van der Waals surface area contributed by atoms with Crippen molar-refractivity contribution in [1.82, 2.24) is 14.7 Å². The number of rotatable bonds is 1. The largest absolute Gasteiger partial charge is 0.306 e. The van der Waals surface area contributed by atoms with Gasteiger partial charge in [0, 0.05) is 11.1 Å². The van der Waals surface area contributed by atoms with Gasteiger partial charge in [0.15, 0.2) is 0 Å². The van der Waals surface area contributed by atoms with Crippen LogP contribution in [0.25, 0.3) is 0 Å². The lowest BCUT2D eigenvalue weighted by Gasteiger charge is -2.29. The molecule has 0 atom stereocenters. The fraction of sp³-hybridized carbons (Fsp3) is 0.786. The van der Waals surface area contributed by atoms with Crippen molar-refractivity contribution in [2.75, 3.05) is 20.1 Å². The second kappa shape index (κ2) is 4.45. The van der Waals surface area contributed by atoms with E-state index in [2.05, 4.69) is 50.4 Å². The first-order valence-corrected chi connectivity index (χ1v) is 6.63. The average Bonchev–Trinajstić information content (AvgIpc) is 2.61. The molecule has 0 saturated carbocycles. The van der Waals surface area contributed by atoms with E-state index in [1.54, 1.807) is 0 Å². The van der Waals surface area contributed by atoms with E-state index in [0.717, 1.165) is 0 Å². The van der Waals surface area contributed by atoms with Gasteiger partial charge in [0.25, 0.3) is 0 Å². The number of hydrogen-bond donors (Lipinski definition) is 0.